The number of nitrogens with two attached hydrogens (primary N) is 1. The van der Waals surface area contributed by atoms with Gasteiger partial charge in [0.25, 0.3) is 5.91 Å². The molecule has 0 aromatic heterocycles. The summed E-state index contributed by atoms with van der Waals surface area (Å²) in [5.41, 5.74) is 5.02. The van der Waals surface area contributed by atoms with Crippen molar-refractivity contribution < 1.29 is 4.79 Å². The number of nitrogens with one attached hydrogen (secondary N) is 1. The van der Waals surface area contributed by atoms with Crippen molar-refractivity contribution in [3.8, 4) is 0 Å². The van der Waals surface area contributed by atoms with E-state index in [9.17, 15) is 4.79 Å². The van der Waals surface area contributed by atoms with Crippen molar-refractivity contribution in [1.82, 2.24) is 4.90 Å². The Balaban J connectivity index is 2.26. The van der Waals surface area contributed by atoms with Crippen LogP contribution in [0.15, 0.2) is 18.2 Å². The molecule has 92 valence electrons. The lowest BCUT2D eigenvalue weighted by Crippen LogP contribution is -2.29. The van der Waals surface area contributed by atoms with Crippen LogP contribution in [0.5, 0.6) is 0 Å². The minimum absolute atomic E-state index is 0.0750. The Bertz CT molecular complexity index is 431. The van der Waals surface area contributed by atoms with Crippen LogP contribution in [0.25, 0.3) is 0 Å². The highest BCUT2D eigenvalue weighted by molar-refractivity contribution is 5.99. The van der Waals surface area contributed by atoms with E-state index in [1.54, 1.807) is 0 Å². The molecule has 17 heavy (non-hydrogen) atoms. The molecular weight excluding hydrogens is 214 g/mol. The first-order chi connectivity index (χ1) is 8.11. The summed E-state index contributed by atoms with van der Waals surface area (Å²) in [4.78, 5) is 14.3. The van der Waals surface area contributed by atoms with Crippen molar-refractivity contribution in [3.63, 3.8) is 0 Å². The smallest absolute Gasteiger partial charge is 0.256 e. The largest absolute Gasteiger partial charge is 0.338 e. The fraction of sp³-hybridized carbons (Fsp3) is 0.462. The minimum atomic E-state index is 0.0750. The summed E-state index contributed by atoms with van der Waals surface area (Å²) in [6, 6.07) is 5.68. The third-order valence-electron chi connectivity index (χ3n) is 3.27. The summed E-state index contributed by atoms with van der Waals surface area (Å²) >= 11 is 0. The van der Waals surface area contributed by atoms with Crippen LogP contribution in [0.4, 0.5) is 5.69 Å². The molecule has 1 aliphatic rings. The maximum absolute atomic E-state index is 12.4. The minimum Gasteiger partial charge on any atom is -0.338 e. The molecule has 4 nitrogen and oxygen atoms in total. The second-order valence-corrected chi connectivity index (χ2v) is 4.84. The number of carbonyl (C=O) groups excluding carboxylic acids is 1. The number of aryl methyl sites for hydroxylation is 1. The van der Waals surface area contributed by atoms with Gasteiger partial charge in [0, 0.05) is 13.1 Å². The summed E-state index contributed by atoms with van der Waals surface area (Å²) in [6.45, 7) is 5.84. The van der Waals surface area contributed by atoms with Crippen LogP contribution in [0, 0.1) is 12.8 Å². The summed E-state index contributed by atoms with van der Waals surface area (Å²) in [5, 5.41) is 0. The maximum atomic E-state index is 12.4. The lowest BCUT2D eigenvalue weighted by atomic mass is 10.1. The van der Waals surface area contributed by atoms with Gasteiger partial charge in [0.2, 0.25) is 0 Å². The summed E-state index contributed by atoms with van der Waals surface area (Å²) in [7, 11) is 0. The molecule has 3 N–H and O–H groups in total. The first-order valence-corrected chi connectivity index (χ1v) is 5.98. The van der Waals surface area contributed by atoms with Gasteiger partial charge in [-0.3, -0.25) is 10.6 Å². The SMILES string of the molecule is Cc1ccc(NN)c(C(=O)N2CCC(C)C2)c1. The molecule has 1 aromatic rings. The Morgan fingerprint density at radius 1 is 1.53 bits per heavy atom. The molecule has 1 heterocycles. The van der Waals surface area contributed by atoms with Crippen molar-refractivity contribution in [1.29, 1.82) is 0 Å². The Morgan fingerprint density at radius 3 is 2.88 bits per heavy atom. The molecule has 1 saturated heterocycles. The monoisotopic (exact) mass is 233 g/mol. The van der Waals surface area contributed by atoms with Gasteiger partial charge in [-0.05, 0) is 31.4 Å². The molecule has 0 radical (unpaired) electrons. The lowest BCUT2D eigenvalue weighted by Gasteiger charge is -2.18. The third kappa shape index (κ3) is 2.42. The van der Waals surface area contributed by atoms with Gasteiger partial charge in [0.05, 0.1) is 11.3 Å². The van der Waals surface area contributed by atoms with Crippen LogP contribution in [-0.2, 0) is 0 Å². The van der Waals surface area contributed by atoms with Crippen molar-refractivity contribution in [2.24, 2.45) is 11.8 Å². The predicted octanol–water partition coefficient (Wildman–Crippen LogP) is 1.76. The Labute approximate surface area is 102 Å². The van der Waals surface area contributed by atoms with E-state index in [-0.39, 0.29) is 5.91 Å². The normalized spacial score (nSPS) is 19.5. The first-order valence-electron chi connectivity index (χ1n) is 5.98. The zero-order valence-electron chi connectivity index (χ0n) is 10.4. The number of likely N-dealkylation sites (tertiary alicyclic amines) is 1. The summed E-state index contributed by atoms with van der Waals surface area (Å²) in [6.07, 6.45) is 1.09. The van der Waals surface area contributed by atoms with Crippen LogP contribution >= 0.6 is 0 Å². The van der Waals surface area contributed by atoms with Crippen LogP contribution in [-0.4, -0.2) is 23.9 Å². The van der Waals surface area contributed by atoms with E-state index >= 15 is 0 Å². The zero-order valence-corrected chi connectivity index (χ0v) is 10.4. The number of rotatable bonds is 2. The van der Waals surface area contributed by atoms with Gasteiger partial charge in [0.15, 0.2) is 0 Å². The lowest BCUT2D eigenvalue weighted by molar-refractivity contribution is 0.0789. The molecule has 0 spiro atoms. The second-order valence-electron chi connectivity index (χ2n) is 4.84. The quantitative estimate of drug-likeness (QED) is 0.604. The highest BCUT2D eigenvalue weighted by Gasteiger charge is 2.25. The van der Waals surface area contributed by atoms with Gasteiger partial charge < -0.3 is 10.3 Å². The van der Waals surface area contributed by atoms with Crippen LogP contribution in [0.2, 0.25) is 0 Å². The number of benzene rings is 1. The van der Waals surface area contributed by atoms with Crippen LogP contribution in [0.1, 0.15) is 29.3 Å². The number of carbonyl (C=O) groups is 1. The average molecular weight is 233 g/mol. The Kier molecular flexibility index (Phi) is 3.33. The van der Waals surface area contributed by atoms with Gasteiger partial charge in [-0.15, -0.1) is 0 Å². The standard InChI is InChI=1S/C13H19N3O/c1-9-3-4-12(15-14)11(7-9)13(17)16-6-5-10(2)8-16/h3-4,7,10,15H,5-6,8,14H2,1-2H3. The van der Waals surface area contributed by atoms with Gasteiger partial charge in [-0.1, -0.05) is 18.6 Å². The first kappa shape index (κ1) is 11.9. The number of hydrogen-bond donors (Lipinski definition) is 2. The number of hydrogen-bond acceptors (Lipinski definition) is 3. The van der Waals surface area contributed by atoms with Crippen molar-refractivity contribution in [2.45, 2.75) is 20.3 Å². The zero-order chi connectivity index (χ0) is 12.4. The molecule has 0 aliphatic carbocycles. The molecule has 1 amide bonds. The van der Waals surface area contributed by atoms with E-state index in [1.807, 2.05) is 30.0 Å². The highest BCUT2D eigenvalue weighted by Crippen LogP contribution is 2.22. The Morgan fingerprint density at radius 2 is 2.29 bits per heavy atom. The molecule has 2 rings (SSSR count). The fourth-order valence-corrected chi connectivity index (χ4v) is 2.25. The van der Waals surface area contributed by atoms with Gasteiger partial charge >= 0.3 is 0 Å². The number of anilines is 1. The van der Waals surface area contributed by atoms with E-state index < -0.39 is 0 Å². The molecule has 1 unspecified atom stereocenters. The van der Waals surface area contributed by atoms with Gasteiger partial charge in [-0.2, -0.15) is 0 Å². The highest BCUT2D eigenvalue weighted by atomic mass is 16.2. The topological polar surface area (TPSA) is 58.4 Å². The second kappa shape index (κ2) is 4.75. The number of nitrogens with zero attached hydrogens (tertiary/aromatic N) is 1. The van der Waals surface area contributed by atoms with Gasteiger partial charge in [0.1, 0.15) is 0 Å². The number of hydrazine groups is 1. The van der Waals surface area contributed by atoms with Crippen LogP contribution in [0.3, 0.4) is 0 Å². The predicted molar refractivity (Wildman–Crippen MR) is 68.7 cm³/mol. The molecule has 0 saturated carbocycles. The van der Waals surface area contributed by atoms with Crippen molar-refractivity contribution >= 4 is 11.6 Å². The summed E-state index contributed by atoms with van der Waals surface area (Å²) in [5.74, 6) is 6.11. The Hall–Kier alpha value is -1.55. The van der Waals surface area contributed by atoms with Crippen molar-refractivity contribution in [2.75, 3.05) is 18.5 Å². The van der Waals surface area contributed by atoms with Crippen LogP contribution < -0.4 is 11.3 Å². The molecule has 1 aromatic carbocycles. The molecular formula is C13H19N3O. The van der Waals surface area contributed by atoms with Gasteiger partial charge in [-0.25, -0.2) is 0 Å². The fourth-order valence-electron chi connectivity index (χ4n) is 2.25. The maximum Gasteiger partial charge on any atom is 0.256 e. The van der Waals surface area contributed by atoms with E-state index in [0.717, 1.165) is 25.1 Å². The molecule has 1 atom stereocenters. The number of amides is 1. The molecule has 0 bridgehead atoms. The molecule has 1 fully saturated rings. The third-order valence-corrected chi connectivity index (χ3v) is 3.27. The molecule has 1 aliphatic heterocycles. The van der Waals surface area contributed by atoms with E-state index in [2.05, 4.69) is 12.3 Å². The average Bonchev–Trinajstić information content (AvgIpc) is 2.75. The molecule has 4 heteroatoms. The van der Waals surface area contributed by atoms with E-state index in [1.165, 1.54) is 0 Å². The number of nitrogen functional groups attached to an aromatic ring is 1. The summed E-state index contributed by atoms with van der Waals surface area (Å²) < 4.78 is 0. The van der Waals surface area contributed by atoms with E-state index in [0.29, 0.717) is 17.2 Å². The van der Waals surface area contributed by atoms with Crippen molar-refractivity contribution in [3.05, 3.63) is 29.3 Å². The van der Waals surface area contributed by atoms with E-state index in [4.69, 9.17) is 5.84 Å².